The lowest BCUT2D eigenvalue weighted by molar-refractivity contribution is 1.14. The number of nitrogen functional groups attached to an aromatic ring is 1. The second-order valence-electron chi connectivity index (χ2n) is 3.28. The molecule has 0 aliphatic carbocycles. The number of anilines is 1. The molecule has 0 unspecified atom stereocenters. The Bertz CT molecular complexity index is 347. The first-order valence-electron chi connectivity index (χ1n) is 5.21. The summed E-state index contributed by atoms with van der Waals surface area (Å²) in [6.07, 6.45) is 7.13. The number of allylic oxidation sites excluding steroid dienone is 2. The van der Waals surface area contributed by atoms with Crippen LogP contribution in [0, 0.1) is 0 Å². The molecule has 1 rings (SSSR count). The van der Waals surface area contributed by atoms with E-state index in [0.717, 1.165) is 23.4 Å². The maximum absolute atomic E-state index is 5.64. The summed E-state index contributed by atoms with van der Waals surface area (Å²) in [5.41, 5.74) is 8.67. The van der Waals surface area contributed by atoms with Crippen LogP contribution >= 0.6 is 0 Å². The van der Waals surface area contributed by atoms with Gasteiger partial charge >= 0.3 is 0 Å². The van der Waals surface area contributed by atoms with Gasteiger partial charge < -0.3 is 11.1 Å². The van der Waals surface area contributed by atoms with Crippen molar-refractivity contribution in [3.8, 4) is 0 Å². The fraction of sp³-hybridized carbons (Fsp3) is 0.231. The molecule has 0 radical (unpaired) electrons. The molecule has 0 saturated carbocycles. The summed E-state index contributed by atoms with van der Waals surface area (Å²) in [6, 6.07) is 7.84. The zero-order valence-electron chi connectivity index (χ0n) is 9.33. The van der Waals surface area contributed by atoms with E-state index in [1.165, 1.54) is 0 Å². The molecule has 0 atom stereocenters. The van der Waals surface area contributed by atoms with Crippen LogP contribution in [-0.2, 0) is 0 Å². The summed E-state index contributed by atoms with van der Waals surface area (Å²) in [6.45, 7) is 4.12. The molecule has 0 heterocycles. The number of nitrogens with two attached hydrogens (primary N) is 1. The quantitative estimate of drug-likeness (QED) is 0.736. The maximum Gasteiger partial charge on any atom is 0.0409 e. The summed E-state index contributed by atoms with van der Waals surface area (Å²) >= 11 is 0. The minimum Gasteiger partial charge on any atom is -0.399 e. The van der Waals surface area contributed by atoms with Crippen molar-refractivity contribution in [3.63, 3.8) is 0 Å². The first-order valence-corrected chi connectivity index (χ1v) is 5.21. The molecule has 0 aliphatic rings. The van der Waals surface area contributed by atoms with Crippen LogP contribution in [0.3, 0.4) is 0 Å². The van der Waals surface area contributed by atoms with Gasteiger partial charge in [0.2, 0.25) is 0 Å². The van der Waals surface area contributed by atoms with Crippen molar-refractivity contribution in [2.24, 2.45) is 0 Å². The van der Waals surface area contributed by atoms with E-state index in [-0.39, 0.29) is 0 Å². The van der Waals surface area contributed by atoms with Gasteiger partial charge in [-0.1, -0.05) is 31.2 Å². The van der Waals surface area contributed by atoms with Crippen LogP contribution in [0.1, 0.15) is 25.8 Å². The van der Waals surface area contributed by atoms with Crippen molar-refractivity contribution in [2.45, 2.75) is 20.3 Å². The van der Waals surface area contributed by atoms with Gasteiger partial charge in [0.15, 0.2) is 0 Å². The smallest absolute Gasteiger partial charge is 0.0409 e. The summed E-state index contributed by atoms with van der Waals surface area (Å²) in [5.74, 6) is 0. The first-order chi connectivity index (χ1) is 7.27. The zero-order chi connectivity index (χ0) is 11.1. The Balaban J connectivity index is 2.75. The van der Waals surface area contributed by atoms with E-state index in [2.05, 4.69) is 18.3 Å². The normalized spacial score (nSPS) is 12.0. The highest BCUT2D eigenvalue weighted by atomic mass is 14.8. The van der Waals surface area contributed by atoms with Gasteiger partial charge in [-0.15, -0.1) is 0 Å². The van der Waals surface area contributed by atoms with Crippen molar-refractivity contribution in [1.82, 2.24) is 5.32 Å². The maximum atomic E-state index is 5.64. The molecule has 1 aromatic carbocycles. The van der Waals surface area contributed by atoms with Crippen molar-refractivity contribution in [2.75, 3.05) is 5.73 Å². The van der Waals surface area contributed by atoms with Gasteiger partial charge in [0.05, 0.1) is 0 Å². The van der Waals surface area contributed by atoms with Gasteiger partial charge in [-0.05, 0) is 37.2 Å². The molecule has 1 aromatic rings. The molecule has 0 aromatic heterocycles. The Morgan fingerprint density at radius 3 is 2.53 bits per heavy atom. The highest BCUT2D eigenvalue weighted by Crippen LogP contribution is 2.13. The monoisotopic (exact) mass is 202 g/mol. The molecular formula is C13H18N2. The fourth-order valence-electron chi connectivity index (χ4n) is 1.26. The standard InChI is InChI=1S/C13H18N2/c1-3-5-10-15-13(4-2)11-6-8-12(14)9-7-11/h4-10,15H,3,14H2,1-2H3/b10-5+,13-4-. The molecule has 3 N–H and O–H groups in total. The molecule has 15 heavy (non-hydrogen) atoms. The van der Waals surface area contributed by atoms with Crippen LogP contribution in [0.25, 0.3) is 5.70 Å². The summed E-state index contributed by atoms with van der Waals surface area (Å²) in [7, 11) is 0. The van der Waals surface area contributed by atoms with E-state index in [4.69, 9.17) is 5.73 Å². The number of hydrogen-bond donors (Lipinski definition) is 2. The Morgan fingerprint density at radius 1 is 1.33 bits per heavy atom. The average Bonchev–Trinajstić information content (AvgIpc) is 2.26. The third kappa shape index (κ3) is 3.50. The number of rotatable bonds is 4. The van der Waals surface area contributed by atoms with Gasteiger partial charge in [-0.25, -0.2) is 0 Å². The predicted octanol–water partition coefficient (Wildman–Crippen LogP) is 3.14. The summed E-state index contributed by atoms with van der Waals surface area (Å²) < 4.78 is 0. The molecule has 0 amide bonds. The Morgan fingerprint density at radius 2 is 2.00 bits per heavy atom. The lowest BCUT2D eigenvalue weighted by atomic mass is 10.1. The lowest BCUT2D eigenvalue weighted by Gasteiger charge is -2.07. The SMILES string of the molecule is C/C=C(\N/C=C/CC)c1ccc(N)cc1. The lowest BCUT2D eigenvalue weighted by Crippen LogP contribution is -2.03. The van der Waals surface area contributed by atoms with Crippen molar-refractivity contribution < 1.29 is 0 Å². The van der Waals surface area contributed by atoms with Gasteiger partial charge in [-0.2, -0.15) is 0 Å². The molecule has 2 heteroatoms. The van der Waals surface area contributed by atoms with Crippen LogP contribution in [0.4, 0.5) is 5.69 Å². The van der Waals surface area contributed by atoms with Gasteiger partial charge in [0, 0.05) is 11.4 Å². The molecule has 0 spiro atoms. The number of nitrogens with one attached hydrogen (secondary N) is 1. The molecule has 0 fully saturated rings. The predicted molar refractivity (Wildman–Crippen MR) is 67.1 cm³/mol. The van der Waals surface area contributed by atoms with Gasteiger partial charge in [0.1, 0.15) is 0 Å². The van der Waals surface area contributed by atoms with E-state index in [1.54, 1.807) is 0 Å². The second-order valence-corrected chi connectivity index (χ2v) is 3.28. The highest BCUT2D eigenvalue weighted by Gasteiger charge is 1.96. The Labute approximate surface area is 91.5 Å². The zero-order valence-corrected chi connectivity index (χ0v) is 9.33. The van der Waals surface area contributed by atoms with Crippen LogP contribution < -0.4 is 11.1 Å². The molecule has 0 saturated heterocycles. The van der Waals surface area contributed by atoms with Crippen LogP contribution in [0.15, 0.2) is 42.6 Å². The third-order valence-corrected chi connectivity index (χ3v) is 2.10. The number of benzene rings is 1. The first kappa shape index (κ1) is 11.4. The minimum absolute atomic E-state index is 0.790. The average molecular weight is 202 g/mol. The Kier molecular flexibility index (Phi) is 4.48. The van der Waals surface area contributed by atoms with E-state index in [1.807, 2.05) is 43.5 Å². The van der Waals surface area contributed by atoms with Crippen molar-refractivity contribution in [1.29, 1.82) is 0 Å². The van der Waals surface area contributed by atoms with Crippen molar-refractivity contribution in [3.05, 3.63) is 48.2 Å². The van der Waals surface area contributed by atoms with Crippen LogP contribution in [0.2, 0.25) is 0 Å². The van der Waals surface area contributed by atoms with E-state index in [0.29, 0.717) is 0 Å². The minimum atomic E-state index is 0.790. The third-order valence-electron chi connectivity index (χ3n) is 2.10. The van der Waals surface area contributed by atoms with Crippen LogP contribution in [-0.4, -0.2) is 0 Å². The fourth-order valence-corrected chi connectivity index (χ4v) is 1.26. The number of hydrogen-bond acceptors (Lipinski definition) is 2. The summed E-state index contributed by atoms with van der Waals surface area (Å²) in [4.78, 5) is 0. The highest BCUT2D eigenvalue weighted by molar-refractivity contribution is 5.65. The van der Waals surface area contributed by atoms with Crippen molar-refractivity contribution >= 4 is 11.4 Å². The molecule has 80 valence electrons. The topological polar surface area (TPSA) is 38.0 Å². The molecular weight excluding hydrogens is 184 g/mol. The Hall–Kier alpha value is -1.70. The molecule has 2 nitrogen and oxygen atoms in total. The van der Waals surface area contributed by atoms with Gasteiger partial charge in [-0.3, -0.25) is 0 Å². The van der Waals surface area contributed by atoms with Crippen LogP contribution in [0.5, 0.6) is 0 Å². The second kappa shape index (κ2) is 5.91. The van der Waals surface area contributed by atoms with E-state index in [9.17, 15) is 0 Å². The van der Waals surface area contributed by atoms with E-state index < -0.39 is 0 Å². The molecule has 0 aliphatic heterocycles. The molecule has 0 bridgehead atoms. The largest absolute Gasteiger partial charge is 0.399 e. The van der Waals surface area contributed by atoms with E-state index >= 15 is 0 Å². The van der Waals surface area contributed by atoms with Gasteiger partial charge in [0.25, 0.3) is 0 Å². The summed E-state index contributed by atoms with van der Waals surface area (Å²) in [5, 5.41) is 3.25.